The van der Waals surface area contributed by atoms with Crippen LogP contribution in [0.1, 0.15) is 34.8 Å². The SMILES string of the molecule is CN(C)c1ccc(C2CCN(C(=O)c3ccncc3)CC2)nc1. The van der Waals surface area contributed by atoms with E-state index >= 15 is 0 Å². The Hall–Kier alpha value is -2.43. The summed E-state index contributed by atoms with van der Waals surface area (Å²) in [5.41, 5.74) is 2.96. The van der Waals surface area contributed by atoms with Crippen molar-refractivity contribution in [1.29, 1.82) is 0 Å². The molecule has 1 fully saturated rings. The summed E-state index contributed by atoms with van der Waals surface area (Å²) < 4.78 is 0. The third-order valence-corrected chi connectivity index (χ3v) is 4.41. The van der Waals surface area contributed by atoms with E-state index in [9.17, 15) is 4.79 Å². The molecule has 5 heteroatoms. The molecule has 1 amide bonds. The maximum absolute atomic E-state index is 12.4. The van der Waals surface area contributed by atoms with Crippen molar-refractivity contribution in [2.45, 2.75) is 18.8 Å². The zero-order chi connectivity index (χ0) is 16.2. The van der Waals surface area contributed by atoms with Crippen LogP contribution >= 0.6 is 0 Å². The molecule has 1 aliphatic rings. The minimum absolute atomic E-state index is 0.0989. The van der Waals surface area contributed by atoms with Crippen LogP contribution in [-0.2, 0) is 0 Å². The van der Waals surface area contributed by atoms with Gasteiger partial charge in [-0.25, -0.2) is 0 Å². The summed E-state index contributed by atoms with van der Waals surface area (Å²) in [6.45, 7) is 1.56. The lowest BCUT2D eigenvalue weighted by molar-refractivity contribution is 0.0712. The zero-order valence-corrected chi connectivity index (χ0v) is 13.6. The van der Waals surface area contributed by atoms with Gasteiger partial charge in [-0.1, -0.05) is 0 Å². The van der Waals surface area contributed by atoms with Gasteiger partial charge < -0.3 is 9.80 Å². The molecule has 120 valence electrons. The van der Waals surface area contributed by atoms with Gasteiger partial charge in [0.05, 0.1) is 11.9 Å². The lowest BCUT2D eigenvalue weighted by Crippen LogP contribution is -2.38. The van der Waals surface area contributed by atoms with Gasteiger partial charge in [0.25, 0.3) is 5.91 Å². The number of likely N-dealkylation sites (tertiary alicyclic amines) is 1. The number of rotatable bonds is 3. The number of nitrogens with zero attached hydrogens (tertiary/aromatic N) is 4. The zero-order valence-electron chi connectivity index (χ0n) is 13.6. The van der Waals surface area contributed by atoms with Gasteiger partial charge in [0.2, 0.25) is 0 Å². The molecule has 0 saturated carbocycles. The minimum atomic E-state index is 0.0989. The average Bonchev–Trinajstić information content (AvgIpc) is 2.62. The summed E-state index contributed by atoms with van der Waals surface area (Å²) in [6, 6.07) is 7.77. The van der Waals surface area contributed by atoms with Crippen molar-refractivity contribution in [3.63, 3.8) is 0 Å². The number of piperidine rings is 1. The molecule has 2 aromatic heterocycles. The van der Waals surface area contributed by atoms with E-state index < -0.39 is 0 Å². The maximum atomic E-state index is 12.4. The second kappa shape index (κ2) is 6.77. The predicted octanol–water partition coefficient (Wildman–Crippen LogP) is 2.56. The molecule has 0 aromatic carbocycles. The Morgan fingerprint density at radius 3 is 2.39 bits per heavy atom. The number of carbonyl (C=O) groups is 1. The molecule has 0 unspecified atom stereocenters. The molecule has 5 nitrogen and oxygen atoms in total. The van der Waals surface area contributed by atoms with E-state index in [4.69, 9.17) is 0 Å². The normalized spacial score (nSPS) is 15.5. The number of amides is 1. The standard InChI is InChI=1S/C18H22N4O/c1-21(2)16-3-4-17(20-13-16)14-7-11-22(12-8-14)18(23)15-5-9-19-10-6-15/h3-6,9-10,13-14H,7-8,11-12H2,1-2H3. The first-order valence-corrected chi connectivity index (χ1v) is 7.97. The van der Waals surface area contributed by atoms with E-state index in [0.29, 0.717) is 11.5 Å². The van der Waals surface area contributed by atoms with Gasteiger partial charge >= 0.3 is 0 Å². The highest BCUT2D eigenvalue weighted by molar-refractivity contribution is 5.94. The Kier molecular flexibility index (Phi) is 4.55. The molecule has 0 N–H and O–H groups in total. The van der Waals surface area contributed by atoms with E-state index in [2.05, 4.69) is 22.1 Å². The van der Waals surface area contributed by atoms with Gasteiger partial charge in [0.1, 0.15) is 0 Å². The van der Waals surface area contributed by atoms with Crippen LogP contribution in [0.15, 0.2) is 42.9 Å². The monoisotopic (exact) mass is 310 g/mol. The van der Waals surface area contributed by atoms with Gasteiger partial charge in [-0.05, 0) is 37.1 Å². The van der Waals surface area contributed by atoms with Crippen molar-refractivity contribution in [1.82, 2.24) is 14.9 Å². The number of hydrogen-bond acceptors (Lipinski definition) is 4. The summed E-state index contributed by atoms with van der Waals surface area (Å²) in [5.74, 6) is 0.537. The number of anilines is 1. The van der Waals surface area contributed by atoms with Gasteiger partial charge in [0.15, 0.2) is 0 Å². The van der Waals surface area contributed by atoms with E-state index in [0.717, 1.165) is 37.3 Å². The molecule has 1 aliphatic heterocycles. The first-order valence-electron chi connectivity index (χ1n) is 7.97. The van der Waals surface area contributed by atoms with Crippen molar-refractivity contribution in [3.05, 3.63) is 54.1 Å². The smallest absolute Gasteiger partial charge is 0.253 e. The summed E-state index contributed by atoms with van der Waals surface area (Å²) in [6.07, 6.45) is 7.17. The fourth-order valence-electron chi connectivity index (χ4n) is 2.96. The highest BCUT2D eigenvalue weighted by Gasteiger charge is 2.25. The average molecular weight is 310 g/mol. The van der Waals surface area contributed by atoms with Crippen LogP contribution in [0.4, 0.5) is 5.69 Å². The second-order valence-electron chi connectivity index (χ2n) is 6.14. The lowest BCUT2D eigenvalue weighted by atomic mass is 9.92. The van der Waals surface area contributed by atoms with Gasteiger partial charge in [-0.15, -0.1) is 0 Å². The molecular weight excluding hydrogens is 288 g/mol. The number of carbonyl (C=O) groups excluding carboxylic acids is 1. The first kappa shape index (κ1) is 15.5. The quantitative estimate of drug-likeness (QED) is 0.874. The third kappa shape index (κ3) is 3.50. The molecule has 0 spiro atoms. The Labute approximate surface area is 137 Å². The molecule has 0 atom stereocenters. The number of pyridine rings is 2. The molecule has 23 heavy (non-hydrogen) atoms. The largest absolute Gasteiger partial charge is 0.376 e. The summed E-state index contributed by atoms with van der Waals surface area (Å²) in [5, 5.41) is 0. The Balaban J connectivity index is 1.61. The molecule has 3 heterocycles. The third-order valence-electron chi connectivity index (χ3n) is 4.41. The fraction of sp³-hybridized carbons (Fsp3) is 0.389. The van der Waals surface area contributed by atoms with Crippen molar-refractivity contribution < 1.29 is 4.79 Å². The van der Waals surface area contributed by atoms with E-state index in [1.165, 1.54) is 0 Å². The second-order valence-corrected chi connectivity index (χ2v) is 6.14. The Morgan fingerprint density at radius 2 is 1.83 bits per heavy atom. The van der Waals surface area contributed by atoms with Crippen LogP contribution in [0.25, 0.3) is 0 Å². The van der Waals surface area contributed by atoms with Crippen molar-refractivity contribution in [2.75, 3.05) is 32.1 Å². The van der Waals surface area contributed by atoms with Gasteiger partial charge in [0, 0.05) is 56.8 Å². The highest BCUT2D eigenvalue weighted by Crippen LogP contribution is 2.28. The van der Waals surface area contributed by atoms with Crippen LogP contribution in [0.5, 0.6) is 0 Å². The van der Waals surface area contributed by atoms with E-state index in [1.54, 1.807) is 24.5 Å². The van der Waals surface area contributed by atoms with Crippen molar-refractivity contribution in [3.8, 4) is 0 Å². The van der Waals surface area contributed by atoms with E-state index in [-0.39, 0.29) is 5.91 Å². The van der Waals surface area contributed by atoms with Crippen LogP contribution in [0.2, 0.25) is 0 Å². The van der Waals surface area contributed by atoms with Crippen LogP contribution in [-0.4, -0.2) is 48.0 Å². The van der Waals surface area contributed by atoms with E-state index in [1.807, 2.05) is 30.1 Å². The Bertz CT molecular complexity index is 646. The summed E-state index contributed by atoms with van der Waals surface area (Å²) in [4.78, 5) is 25.0. The summed E-state index contributed by atoms with van der Waals surface area (Å²) >= 11 is 0. The maximum Gasteiger partial charge on any atom is 0.253 e. The van der Waals surface area contributed by atoms with Crippen LogP contribution in [0.3, 0.4) is 0 Å². The molecule has 2 aromatic rings. The van der Waals surface area contributed by atoms with Gasteiger partial charge in [-0.3, -0.25) is 14.8 Å². The van der Waals surface area contributed by atoms with Gasteiger partial charge in [-0.2, -0.15) is 0 Å². The molecule has 0 radical (unpaired) electrons. The molecule has 3 rings (SSSR count). The van der Waals surface area contributed by atoms with Crippen LogP contribution < -0.4 is 4.90 Å². The lowest BCUT2D eigenvalue weighted by Gasteiger charge is -2.32. The highest BCUT2D eigenvalue weighted by atomic mass is 16.2. The molecule has 0 aliphatic carbocycles. The van der Waals surface area contributed by atoms with Crippen molar-refractivity contribution >= 4 is 11.6 Å². The molecule has 1 saturated heterocycles. The number of hydrogen-bond donors (Lipinski definition) is 0. The minimum Gasteiger partial charge on any atom is -0.376 e. The molecule has 0 bridgehead atoms. The van der Waals surface area contributed by atoms with Crippen molar-refractivity contribution in [2.24, 2.45) is 0 Å². The van der Waals surface area contributed by atoms with Crippen LogP contribution in [0, 0.1) is 0 Å². The Morgan fingerprint density at radius 1 is 1.13 bits per heavy atom. The number of aromatic nitrogens is 2. The topological polar surface area (TPSA) is 49.3 Å². The first-order chi connectivity index (χ1) is 11.1. The predicted molar refractivity (Wildman–Crippen MR) is 90.7 cm³/mol. The summed E-state index contributed by atoms with van der Waals surface area (Å²) in [7, 11) is 4.03. The molecular formula is C18H22N4O. The fourth-order valence-corrected chi connectivity index (χ4v) is 2.96.